The van der Waals surface area contributed by atoms with Crippen molar-refractivity contribution in [3.63, 3.8) is 0 Å². The molecule has 0 radical (unpaired) electrons. The summed E-state index contributed by atoms with van der Waals surface area (Å²) in [6, 6.07) is 24.6. The van der Waals surface area contributed by atoms with Crippen LogP contribution in [-0.2, 0) is 11.3 Å². The van der Waals surface area contributed by atoms with Crippen molar-refractivity contribution in [3.8, 4) is 0 Å². The Balaban J connectivity index is 1.78. The first-order chi connectivity index (χ1) is 12.6. The third-order valence-corrected chi connectivity index (χ3v) is 4.54. The number of anilines is 1. The number of carbonyl (C=O) groups is 1. The lowest BCUT2D eigenvalue weighted by Gasteiger charge is -2.19. The van der Waals surface area contributed by atoms with Crippen LogP contribution in [0.1, 0.15) is 22.7 Å². The van der Waals surface area contributed by atoms with E-state index in [1.165, 1.54) is 0 Å². The van der Waals surface area contributed by atoms with Crippen molar-refractivity contribution in [2.24, 2.45) is 0 Å². The van der Waals surface area contributed by atoms with Gasteiger partial charge in [-0.05, 0) is 36.2 Å². The molecule has 1 atom stereocenters. The minimum Gasteiger partial charge on any atom is -0.324 e. The van der Waals surface area contributed by atoms with Crippen LogP contribution in [0.3, 0.4) is 0 Å². The summed E-state index contributed by atoms with van der Waals surface area (Å²) in [5, 5.41) is 7.00. The largest absolute Gasteiger partial charge is 0.324 e. The molecule has 0 aromatic heterocycles. The Bertz CT molecular complexity index is 863. The Morgan fingerprint density at radius 1 is 0.923 bits per heavy atom. The van der Waals surface area contributed by atoms with Gasteiger partial charge in [0.05, 0.1) is 0 Å². The number of carbonyl (C=O) groups excluding carboxylic acids is 1. The van der Waals surface area contributed by atoms with Gasteiger partial charge in [-0.1, -0.05) is 77.8 Å². The summed E-state index contributed by atoms with van der Waals surface area (Å²) in [6.45, 7) is 2.52. The lowest BCUT2D eigenvalue weighted by Crippen LogP contribution is -2.32. The number of nitrogens with one attached hydrogen (secondary N) is 2. The van der Waals surface area contributed by atoms with Gasteiger partial charge in [0.2, 0.25) is 5.91 Å². The van der Waals surface area contributed by atoms with E-state index in [-0.39, 0.29) is 5.91 Å². The van der Waals surface area contributed by atoms with Crippen molar-refractivity contribution in [3.05, 3.63) is 101 Å². The molecule has 0 unspecified atom stereocenters. The van der Waals surface area contributed by atoms with Gasteiger partial charge in [0, 0.05) is 17.3 Å². The molecule has 26 heavy (non-hydrogen) atoms. The first-order valence-corrected chi connectivity index (χ1v) is 8.90. The van der Waals surface area contributed by atoms with Crippen LogP contribution in [0, 0.1) is 6.92 Å². The summed E-state index contributed by atoms with van der Waals surface area (Å²) in [6.07, 6.45) is 0. The minimum absolute atomic E-state index is 0.105. The Kier molecular flexibility index (Phi) is 6.05. The van der Waals surface area contributed by atoms with Gasteiger partial charge in [-0.3, -0.25) is 10.1 Å². The molecule has 0 saturated heterocycles. The molecule has 0 heterocycles. The van der Waals surface area contributed by atoms with Crippen LogP contribution in [0.2, 0.25) is 5.02 Å². The molecule has 0 saturated carbocycles. The SMILES string of the molecule is Cc1ccc(NC(=O)[C@@H](NCc2ccccc2Cl)c2ccccc2)cc1. The van der Waals surface area contributed by atoms with Crippen LogP contribution in [0.25, 0.3) is 0 Å². The number of hydrogen-bond donors (Lipinski definition) is 2. The number of amides is 1. The highest BCUT2D eigenvalue weighted by Gasteiger charge is 2.20. The van der Waals surface area contributed by atoms with Gasteiger partial charge in [-0.25, -0.2) is 0 Å². The van der Waals surface area contributed by atoms with Crippen molar-refractivity contribution in [2.75, 3.05) is 5.32 Å². The smallest absolute Gasteiger partial charge is 0.246 e. The van der Waals surface area contributed by atoms with Crippen molar-refractivity contribution >= 4 is 23.2 Å². The second-order valence-corrected chi connectivity index (χ2v) is 6.58. The van der Waals surface area contributed by atoms with E-state index in [1.807, 2.05) is 85.8 Å². The zero-order chi connectivity index (χ0) is 18.4. The van der Waals surface area contributed by atoms with E-state index in [1.54, 1.807) is 0 Å². The van der Waals surface area contributed by atoms with Crippen LogP contribution in [0.5, 0.6) is 0 Å². The van der Waals surface area contributed by atoms with Gasteiger partial charge in [0.1, 0.15) is 6.04 Å². The van der Waals surface area contributed by atoms with Crippen molar-refractivity contribution < 1.29 is 4.79 Å². The average Bonchev–Trinajstić information content (AvgIpc) is 2.66. The van der Waals surface area contributed by atoms with E-state index in [4.69, 9.17) is 11.6 Å². The Labute approximate surface area is 159 Å². The zero-order valence-corrected chi connectivity index (χ0v) is 15.3. The molecule has 0 bridgehead atoms. The summed E-state index contributed by atoms with van der Waals surface area (Å²) >= 11 is 6.24. The summed E-state index contributed by atoms with van der Waals surface area (Å²) in [7, 11) is 0. The van der Waals surface area contributed by atoms with Crippen molar-refractivity contribution in [1.29, 1.82) is 0 Å². The maximum atomic E-state index is 12.9. The van der Waals surface area contributed by atoms with Gasteiger partial charge in [-0.15, -0.1) is 0 Å². The molecule has 4 heteroatoms. The number of benzene rings is 3. The molecule has 3 aromatic rings. The van der Waals surface area contributed by atoms with Gasteiger partial charge < -0.3 is 5.32 Å². The Morgan fingerprint density at radius 2 is 1.58 bits per heavy atom. The fourth-order valence-electron chi connectivity index (χ4n) is 2.71. The summed E-state index contributed by atoms with van der Waals surface area (Å²) in [5.74, 6) is -0.105. The normalized spacial score (nSPS) is 11.8. The van der Waals surface area contributed by atoms with Gasteiger partial charge >= 0.3 is 0 Å². The van der Waals surface area contributed by atoms with Crippen LogP contribution >= 0.6 is 11.6 Å². The highest BCUT2D eigenvalue weighted by molar-refractivity contribution is 6.31. The molecule has 0 aliphatic rings. The molecule has 3 rings (SSSR count). The van der Waals surface area contributed by atoms with Gasteiger partial charge in [-0.2, -0.15) is 0 Å². The van der Waals surface area contributed by atoms with E-state index in [0.29, 0.717) is 11.6 Å². The van der Waals surface area contributed by atoms with E-state index >= 15 is 0 Å². The second kappa shape index (κ2) is 8.65. The summed E-state index contributed by atoms with van der Waals surface area (Å²) < 4.78 is 0. The Hall–Kier alpha value is -2.62. The average molecular weight is 365 g/mol. The molecule has 0 aliphatic heterocycles. The van der Waals surface area contributed by atoms with E-state index < -0.39 is 6.04 Å². The van der Waals surface area contributed by atoms with E-state index in [9.17, 15) is 4.79 Å². The van der Waals surface area contributed by atoms with E-state index in [2.05, 4.69) is 10.6 Å². The molecular formula is C22H21ClN2O. The lowest BCUT2D eigenvalue weighted by molar-refractivity contribution is -0.118. The van der Waals surface area contributed by atoms with Gasteiger partial charge in [0.15, 0.2) is 0 Å². The maximum absolute atomic E-state index is 12.9. The number of rotatable bonds is 6. The topological polar surface area (TPSA) is 41.1 Å². The number of aryl methyl sites for hydroxylation is 1. The molecule has 0 aliphatic carbocycles. The second-order valence-electron chi connectivity index (χ2n) is 6.17. The van der Waals surface area contributed by atoms with E-state index in [0.717, 1.165) is 22.4 Å². The third-order valence-electron chi connectivity index (χ3n) is 4.17. The lowest BCUT2D eigenvalue weighted by atomic mass is 10.1. The first kappa shape index (κ1) is 18.2. The molecule has 1 amide bonds. The molecule has 132 valence electrons. The molecular weight excluding hydrogens is 344 g/mol. The highest BCUT2D eigenvalue weighted by atomic mass is 35.5. The van der Waals surface area contributed by atoms with Crippen molar-refractivity contribution in [2.45, 2.75) is 19.5 Å². The third kappa shape index (κ3) is 4.72. The first-order valence-electron chi connectivity index (χ1n) is 8.53. The zero-order valence-electron chi connectivity index (χ0n) is 14.6. The van der Waals surface area contributed by atoms with Crippen LogP contribution in [0.4, 0.5) is 5.69 Å². The quantitative estimate of drug-likeness (QED) is 0.637. The Morgan fingerprint density at radius 3 is 2.27 bits per heavy atom. The summed E-state index contributed by atoms with van der Waals surface area (Å²) in [4.78, 5) is 12.9. The maximum Gasteiger partial charge on any atom is 0.246 e. The predicted molar refractivity (Wildman–Crippen MR) is 107 cm³/mol. The van der Waals surface area contributed by atoms with Crippen LogP contribution in [0.15, 0.2) is 78.9 Å². The predicted octanol–water partition coefficient (Wildman–Crippen LogP) is 5.12. The molecule has 2 N–H and O–H groups in total. The number of hydrogen-bond acceptors (Lipinski definition) is 2. The van der Waals surface area contributed by atoms with Crippen molar-refractivity contribution in [1.82, 2.24) is 5.32 Å². The summed E-state index contributed by atoms with van der Waals surface area (Å²) in [5.41, 5.74) is 3.79. The fraction of sp³-hybridized carbons (Fsp3) is 0.136. The monoisotopic (exact) mass is 364 g/mol. The highest BCUT2D eigenvalue weighted by Crippen LogP contribution is 2.20. The molecule has 0 spiro atoms. The standard InChI is InChI=1S/C22H21ClN2O/c1-16-11-13-19(14-12-16)25-22(26)21(17-7-3-2-4-8-17)24-15-18-9-5-6-10-20(18)23/h2-14,21,24H,15H2,1H3,(H,25,26)/t21-/m0/s1. The van der Waals surface area contributed by atoms with Gasteiger partial charge in [0.25, 0.3) is 0 Å². The number of halogens is 1. The van der Waals surface area contributed by atoms with Crippen LogP contribution in [-0.4, -0.2) is 5.91 Å². The minimum atomic E-state index is -0.478. The molecule has 3 nitrogen and oxygen atoms in total. The fourth-order valence-corrected chi connectivity index (χ4v) is 2.92. The molecule has 3 aromatic carbocycles. The van der Waals surface area contributed by atoms with Crippen LogP contribution < -0.4 is 10.6 Å². The molecule has 0 fully saturated rings.